The van der Waals surface area contributed by atoms with Gasteiger partial charge in [0.15, 0.2) is 0 Å². The molecule has 1 amide bonds. The molecule has 0 saturated heterocycles. The number of nitrogens with two attached hydrogens (primary N) is 1. The van der Waals surface area contributed by atoms with E-state index in [4.69, 9.17) is 10.5 Å². The first-order valence-electron chi connectivity index (χ1n) is 5.72. The van der Waals surface area contributed by atoms with Crippen LogP contribution >= 0.6 is 0 Å². The lowest BCUT2D eigenvalue weighted by Crippen LogP contribution is -2.14. The smallest absolute Gasteiger partial charge is 0.416 e. The number of hydrogen-bond acceptors (Lipinski definition) is 4. The second-order valence-electron chi connectivity index (χ2n) is 4.06. The number of alkyl halides is 3. The molecular formula is C13H10F3N3O2. The topological polar surface area (TPSA) is 78.1 Å². The summed E-state index contributed by atoms with van der Waals surface area (Å²) in [5.41, 5.74) is 4.89. The monoisotopic (exact) mass is 297 g/mol. The number of amides is 1. The minimum atomic E-state index is -4.42. The lowest BCUT2D eigenvalue weighted by atomic mass is 10.1. The maximum absolute atomic E-state index is 12.5. The average molecular weight is 297 g/mol. The van der Waals surface area contributed by atoms with Gasteiger partial charge < -0.3 is 10.5 Å². The Labute approximate surface area is 117 Å². The largest absolute Gasteiger partial charge is 0.467 e. The summed E-state index contributed by atoms with van der Waals surface area (Å²) in [5, 5.41) is 0. The first-order valence-corrected chi connectivity index (χ1v) is 5.72. The van der Waals surface area contributed by atoms with E-state index in [1.54, 1.807) is 0 Å². The number of nitrogens with zero attached hydrogens (tertiary/aromatic N) is 2. The molecule has 0 spiro atoms. The van der Waals surface area contributed by atoms with Gasteiger partial charge in [-0.1, -0.05) is 12.1 Å². The number of methoxy groups -OCH3 is 1. The van der Waals surface area contributed by atoms with Crippen LogP contribution in [-0.4, -0.2) is 23.0 Å². The van der Waals surface area contributed by atoms with Crippen LogP contribution in [-0.2, 0) is 6.18 Å². The van der Waals surface area contributed by atoms with E-state index in [0.717, 1.165) is 12.1 Å². The van der Waals surface area contributed by atoms with Gasteiger partial charge in [-0.3, -0.25) is 4.79 Å². The van der Waals surface area contributed by atoms with E-state index in [2.05, 4.69) is 9.97 Å². The summed E-state index contributed by atoms with van der Waals surface area (Å²) in [6.45, 7) is 0. The van der Waals surface area contributed by atoms with Crippen LogP contribution in [0, 0.1) is 0 Å². The third-order valence-electron chi connectivity index (χ3n) is 2.65. The Balaban J connectivity index is 2.46. The fraction of sp³-hybridized carbons (Fsp3) is 0.154. The fourth-order valence-electron chi connectivity index (χ4n) is 1.62. The Morgan fingerprint density at radius 3 is 2.29 bits per heavy atom. The number of carbonyl (C=O) groups excluding carboxylic acids is 1. The zero-order valence-corrected chi connectivity index (χ0v) is 10.8. The number of halogens is 3. The van der Waals surface area contributed by atoms with Crippen molar-refractivity contribution in [2.75, 3.05) is 7.11 Å². The minimum absolute atomic E-state index is 0.0863. The summed E-state index contributed by atoms with van der Waals surface area (Å²) < 4.78 is 42.3. The van der Waals surface area contributed by atoms with Crippen molar-refractivity contribution >= 4 is 5.91 Å². The van der Waals surface area contributed by atoms with Crippen LogP contribution in [0.4, 0.5) is 13.2 Å². The molecule has 2 aromatic rings. The van der Waals surface area contributed by atoms with Crippen LogP contribution in [0.3, 0.4) is 0 Å². The number of primary amides is 1. The Morgan fingerprint density at radius 2 is 1.81 bits per heavy atom. The van der Waals surface area contributed by atoms with Crippen LogP contribution < -0.4 is 10.5 Å². The lowest BCUT2D eigenvalue weighted by Gasteiger charge is -2.08. The quantitative estimate of drug-likeness (QED) is 0.942. The van der Waals surface area contributed by atoms with Gasteiger partial charge in [0.25, 0.3) is 5.91 Å². The van der Waals surface area contributed by atoms with E-state index in [0.29, 0.717) is 5.56 Å². The van der Waals surface area contributed by atoms with Crippen molar-refractivity contribution in [3.05, 3.63) is 41.6 Å². The maximum atomic E-state index is 12.5. The third-order valence-corrected chi connectivity index (χ3v) is 2.65. The summed E-state index contributed by atoms with van der Waals surface area (Å²) in [5.74, 6) is -0.788. The predicted octanol–water partition coefficient (Wildman–Crippen LogP) is 2.27. The minimum Gasteiger partial charge on any atom is -0.467 e. The molecule has 2 N–H and O–H groups in total. The van der Waals surface area contributed by atoms with Gasteiger partial charge in [0.05, 0.1) is 18.4 Å². The molecule has 0 radical (unpaired) electrons. The molecule has 1 aromatic carbocycles. The zero-order chi connectivity index (χ0) is 15.6. The van der Waals surface area contributed by atoms with Crippen molar-refractivity contribution < 1.29 is 22.7 Å². The number of aromatic nitrogens is 2. The number of carbonyl (C=O) groups is 1. The van der Waals surface area contributed by atoms with Gasteiger partial charge in [-0.05, 0) is 18.2 Å². The standard InChI is InChI=1S/C13H10F3N3O2/c1-21-12-18-9(6-10(19-12)11(17)20)7-2-4-8(5-3-7)13(14,15)16/h2-6H,1H3,(H2,17,20). The van der Waals surface area contributed by atoms with E-state index in [-0.39, 0.29) is 17.4 Å². The molecule has 0 unspecified atom stereocenters. The summed E-state index contributed by atoms with van der Waals surface area (Å²) in [6.07, 6.45) is -4.42. The molecule has 8 heteroatoms. The van der Waals surface area contributed by atoms with Crippen molar-refractivity contribution in [3.8, 4) is 17.3 Å². The maximum Gasteiger partial charge on any atom is 0.416 e. The number of benzene rings is 1. The second kappa shape index (κ2) is 5.39. The van der Waals surface area contributed by atoms with Crippen molar-refractivity contribution in [3.63, 3.8) is 0 Å². The molecule has 110 valence electrons. The molecule has 1 heterocycles. The Bertz CT molecular complexity index is 669. The van der Waals surface area contributed by atoms with Gasteiger partial charge in [0.2, 0.25) is 0 Å². The van der Waals surface area contributed by atoms with Gasteiger partial charge in [0, 0.05) is 5.56 Å². The molecule has 2 rings (SSSR count). The third kappa shape index (κ3) is 3.28. The highest BCUT2D eigenvalue weighted by Gasteiger charge is 2.30. The molecule has 5 nitrogen and oxygen atoms in total. The lowest BCUT2D eigenvalue weighted by molar-refractivity contribution is -0.137. The summed E-state index contributed by atoms with van der Waals surface area (Å²) >= 11 is 0. The molecule has 21 heavy (non-hydrogen) atoms. The molecule has 0 aliphatic heterocycles. The van der Waals surface area contributed by atoms with Crippen LogP contribution in [0.2, 0.25) is 0 Å². The molecule has 0 saturated carbocycles. The summed E-state index contributed by atoms with van der Waals surface area (Å²) in [4.78, 5) is 18.9. The van der Waals surface area contributed by atoms with Crippen molar-refractivity contribution in [1.29, 1.82) is 0 Å². The van der Waals surface area contributed by atoms with E-state index < -0.39 is 17.6 Å². The average Bonchev–Trinajstić information content (AvgIpc) is 2.46. The first-order chi connectivity index (χ1) is 9.81. The molecule has 0 aliphatic rings. The first kappa shape index (κ1) is 14.8. The van der Waals surface area contributed by atoms with E-state index in [1.165, 1.54) is 25.3 Å². The normalized spacial score (nSPS) is 11.2. The van der Waals surface area contributed by atoms with E-state index >= 15 is 0 Å². The van der Waals surface area contributed by atoms with Crippen molar-refractivity contribution in [2.24, 2.45) is 5.73 Å². The highest BCUT2D eigenvalue weighted by Crippen LogP contribution is 2.30. The molecular weight excluding hydrogens is 287 g/mol. The molecule has 0 aliphatic carbocycles. The van der Waals surface area contributed by atoms with Crippen LogP contribution in [0.5, 0.6) is 6.01 Å². The van der Waals surface area contributed by atoms with Gasteiger partial charge >= 0.3 is 12.2 Å². The van der Waals surface area contributed by atoms with Gasteiger partial charge in [-0.2, -0.15) is 23.1 Å². The van der Waals surface area contributed by atoms with Crippen LogP contribution in [0.25, 0.3) is 11.3 Å². The van der Waals surface area contributed by atoms with Crippen LogP contribution in [0.15, 0.2) is 30.3 Å². The van der Waals surface area contributed by atoms with Crippen molar-refractivity contribution in [2.45, 2.75) is 6.18 Å². The van der Waals surface area contributed by atoms with Gasteiger partial charge in [-0.25, -0.2) is 0 Å². The zero-order valence-electron chi connectivity index (χ0n) is 10.8. The predicted molar refractivity (Wildman–Crippen MR) is 67.5 cm³/mol. The van der Waals surface area contributed by atoms with Crippen molar-refractivity contribution in [1.82, 2.24) is 9.97 Å². The SMILES string of the molecule is COc1nc(C(N)=O)cc(-c2ccc(C(F)(F)F)cc2)n1. The number of hydrogen-bond donors (Lipinski definition) is 1. The number of ether oxygens (including phenoxy) is 1. The molecule has 0 bridgehead atoms. The van der Waals surface area contributed by atoms with Crippen LogP contribution in [0.1, 0.15) is 16.1 Å². The Kier molecular flexibility index (Phi) is 3.79. The van der Waals surface area contributed by atoms with E-state index in [1.807, 2.05) is 0 Å². The Morgan fingerprint density at radius 1 is 1.19 bits per heavy atom. The van der Waals surface area contributed by atoms with Gasteiger partial charge in [-0.15, -0.1) is 0 Å². The molecule has 0 atom stereocenters. The molecule has 0 fully saturated rings. The van der Waals surface area contributed by atoms with E-state index in [9.17, 15) is 18.0 Å². The second-order valence-corrected chi connectivity index (χ2v) is 4.06. The number of rotatable bonds is 3. The van der Waals surface area contributed by atoms with Gasteiger partial charge in [0.1, 0.15) is 5.69 Å². The Hall–Kier alpha value is -2.64. The fourth-order valence-corrected chi connectivity index (χ4v) is 1.62. The highest BCUT2D eigenvalue weighted by molar-refractivity contribution is 5.91. The summed E-state index contributed by atoms with van der Waals surface area (Å²) in [6, 6.07) is 5.53. The summed E-state index contributed by atoms with van der Waals surface area (Å²) in [7, 11) is 1.30. The highest BCUT2D eigenvalue weighted by atomic mass is 19.4. The molecule has 1 aromatic heterocycles.